The highest BCUT2D eigenvalue weighted by Gasteiger charge is 2.40. The molecule has 0 saturated carbocycles. The van der Waals surface area contributed by atoms with Crippen molar-refractivity contribution in [3.8, 4) is 5.75 Å². The summed E-state index contributed by atoms with van der Waals surface area (Å²) < 4.78 is 5.71. The number of nitrogens with one attached hydrogen (secondary N) is 1. The van der Waals surface area contributed by atoms with E-state index >= 15 is 0 Å². The third-order valence-electron chi connectivity index (χ3n) is 5.74. The average molecular weight is 455 g/mol. The van der Waals surface area contributed by atoms with Gasteiger partial charge in [0.15, 0.2) is 0 Å². The van der Waals surface area contributed by atoms with Crippen molar-refractivity contribution < 1.29 is 14.3 Å². The quantitative estimate of drug-likeness (QED) is 0.426. The van der Waals surface area contributed by atoms with Crippen LogP contribution in [0.25, 0.3) is 5.57 Å². The summed E-state index contributed by atoms with van der Waals surface area (Å²) >= 11 is 0. The predicted molar refractivity (Wildman–Crippen MR) is 137 cm³/mol. The number of benzene rings is 3. The Hall–Kier alpha value is -3.86. The van der Waals surface area contributed by atoms with Gasteiger partial charge < -0.3 is 10.1 Å². The largest absolute Gasteiger partial charge is 0.491 e. The molecule has 3 aromatic carbocycles. The molecule has 1 aliphatic rings. The summed E-state index contributed by atoms with van der Waals surface area (Å²) in [4.78, 5) is 28.4. The van der Waals surface area contributed by atoms with Gasteiger partial charge in [0.25, 0.3) is 11.8 Å². The van der Waals surface area contributed by atoms with Crippen molar-refractivity contribution in [3.05, 3.63) is 95.2 Å². The van der Waals surface area contributed by atoms with Crippen LogP contribution >= 0.6 is 0 Å². The number of carbonyl (C=O) groups is 2. The van der Waals surface area contributed by atoms with Gasteiger partial charge in [-0.05, 0) is 74.2 Å². The molecule has 1 N–H and O–H groups in total. The highest BCUT2D eigenvalue weighted by Crippen LogP contribution is 2.34. The van der Waals surface area contributed by atoms with Crippen LogP contribution in [0.2, 0.25) is 0 Å². The Bertz CT molecular complexity index is 1220. The second kappa shape index (κ2) is 9.56. The van der Waals surface area contributed by atoms with E-state index in [0.29, 0.717) is 28.4 Å². The standard InChI is InChI=1S/C29H30N2O3/c1-18(2)21-10-14-24(15-11-21)31-28(32)26(22-8-6-20(5)7-9-22)27(29(31)33)30-23-12-16-25(17-13-23)34-19(3)4/h6-19,30H,1-5H3. The normalized spacial score (nSPS) is 13.9. The van der Waals surface area contributed by atoms with E-state index in [4.69, 9.17) is 4.74 Å². The van der Waals surface area contributed by atoms with Crippen LogP contribution in [0.5, 0.6) is 5.75 Å². The van der Waals surface area contributed by atoms with Gasteiger partial charge in [0, 0.05) is 5.69 Å². The maximum absolute atomic E-state index is 13.6. The lowest BCUT2D eigenvalue weighted by atomic mass is 10.0. The first-order valence-corrected chi connectivity index (χ1v) is 11.6. The molecule has 2 amide bonds. The number of anilines is 2. The van der Waals surface area contributed by atoms with E-state index in [1.165, 1.54) is 4.90 Å². The second-order valence-electron chi connectivity index (χ2n) is 9.12. The number of imide groups is 1. The zero-order valence-electron chi connectivity index (χ0n) is 20.3. The summed E-state index contributed by atoms with van der Waals surface area (Å²) in [7, 11) is 0. The lowest BCUT2D eigenvalue weighted by molar-refractivity contribution is -0.120. The zero-order valence-corrected chi connectivity index (χ0v) is 20.3. The highest BCUT2D eigenvalue weighted by molar-refractivity contribution is 6.46. The third-order valence-corrected chi connectivity index (χ3v) is 5.74. The number of nitrogens with zero attached hydrogens (tertiary/aromatic N) is 1. The van der Waals surface area contributed by atoms with Crippen LogP contribution in [0.1, 0.15) is 50.3 Å². The number of rotatable bonds is 7. The maximum atomic E-state index is 13.6. The first-order chi connectivity index (χ1) is 16.2. The van der Waals surface area contributed by atoms with Gasteiger partial charge in [-0.2, -0.15) is 0 Å². The van der Waals surface area contributed by atoms with Crippen LogP contribution in [-0.4, -0.2) is 17.9 Å². The minimum absolute atomic E-state index is 0.0688. The molecule has 5 heteroatoms. The van der Waals surface area contributed by atoms with Gasteiger partial charge in [-0.1, -0.05) is 55.8 Å². The molecule has 0 saturated heterocycles. The molecule has 0 spiro atoms. The summed E-state index contributed by atoms with van der Waals surface area (Å²) in [5.74, 6) is 0.392. The van der Waals surface area contributed by atoms with Gasteiger partial charge in [-0.3, -0.25) is 9.59 Å². The Morgan fingerprint density at radius 1 is 0.765 bits per heavy atom. The van der Waals surface area contributed by atoms with E-state index in [0.717, 1.165) is 16.9 Å². The number of aryl methyl sites for hydroxylation is 1. The van der Waals surface area contributed by atoms with E-state index in [1.54, 1.807) is 0 Å². The molecular formula is C29H30N2O3. The number of ether oxygens (including phenoxy) is 1. The molecule has 1 aliphatic heterocycles. The summed E-state index contributed by atoms with van der Waals surface area (Å²) in [6.45, 7) is 10.1. The molecule has 34 heavy (non-hydrogen) atoms. The Morgan fingerprint density at radius 3 is 1.94 bits per heavy atom. The van der Waals surface area contributed by atoms with E-state index in [9.17, 15) is 9.59 Å². The summed E-state index contributed by atoms with van der Waals surface area (Å²) in [6.07, 6.45) is 0.0688. The van der Waals surface area contributed by atoms with Crippen LogP contribution in [0.15, 0.2) is 78.5 Å². The fourth-order valence-electron chi connectivity index (χ4n) is 3.91. The molecule has 0 radical (unpaired) electrons. The van der Waals surface area contributed by atoms with E-state index in [1.807, 2.05) is 93.6 Å². The van der Waals surface area contributed by atoms with Crippen molar-refractivity contribution in [2.24, 2.45) is 0 Å². The highest BCUT2D eigenvalue weighted by atomic mass is 16.5. The Balaban J connectivity index is 1.72. The average Bonchev–Trinajstić information content (AvgIpc) is 3.04. The van der Waals surface area contributed by atoms with Gasteiger partial charge in [0.1, 0.15) is 11.4 Å². The molecule has 0 unspecified atom stereocenters. The van der Waals surface area contributed by atoms with Crippen LogP contribution < -0.4 is 15.0 Å². The SMILES string of the molecule is Cc1ccc(C2=C(Nc3ccc(OC(C)C)cc3)C(=O)N(c3ccc(C(C)C)cc3)C2=O)cc1. The van der Waals surface area contributed by atoms with Crippen LogP contribution in [0.4, 0.5) is 11.4 Å². The number of hydrogen-bond donors (Lipinski definition) is 1. The predicted octanol–water partition coefficient (Wildman–Crippen LogP) is 6.30. The van der Waals surface area contributed by atoms with E-state index < -0.39 is 0 Å². The van der Waals surface area contributed by atoms with Crippen molar-refractivity contribution in [2.75, 3.05) is 10.2 Å². The minimum Gasteiger partial charge on any atom is -0.491 e. The fourth-order valence-corrected chi connectivity index (χ4v) is 3.91. The maximum Gasteiger partial charge on any atom is 0.282 e. The van der Waals surface area contributed by atoms with Gasteiger partial charge in [-0.25, -0.2) is 4.90 Å². The van der Waals surface area contributed by atoms with Crippen molar-refractivity contribution in [1.82, 2.24) is 0 Å². The van der Waals surface area contributed by atoms with Gasteiger partial charge in [0.2, 0.25) is 0 Å². The fraction of sp³-hybridized carbons (Fsp3) is 0.241. The summed E-state index contributed by atoms with van der Waals surface area (Å²) in [6, 6.07) is 22.6. The third kappa shape index (κ3) is 4.74. The second-order valence-corrected chi connectivity index (χ2v) is 9.12. The molecule has 0 aliphatic carbocycles. The molecule has 4 rings (SSSR count). The minimum atomic E-state index is -0.375. The molecule has 5 nitrogen and oxygen atoms in total. The van der Waals surface area contributed by atoms with Crippen LogP contribution in [0.3, 0.4) is 0 Å². The molecule has 0 bridgehead atoms. The van der Waals surface area contributed by atoms with Crippen molar-refractivity contribution >= 4 is 28.8 Å². The van der Waals surface area contributed by atoms with Crippen molar-refractivity contribution in [2.45, 2.75) is 46.6 Å². The molecule has 0 aromatic heterocycles. The zero-order chi connectivity index (χ0) is 24.4. The lowest BCUT2D eigenvalue weighted by Crippen LogP contribution is -2.32. The smallest absolute Gasteiger partial charge is 0.282 e. The summed E-state index contributed by atoms with van der Waals surface area (Å²) in [5, 5.41) is 3.21. The Morgan fingerprint density at radius 2 is 1.38 bits per heavy atom. The summed E-state index contributed by atoms with van der Waals surface area (Å²) in [5.41, 5.74) is 4.82. The van der Waals surface area contributed by atoms with E-state index in [2.05, 4.69) is 19.2 Å². The molecule has 1 heterocycles. The molecule has 0 fully saturated rings. The topological polar surface area (TPSA) is 58.6 Å². The molecule has 0 atom stereocenters. The molecule has 174 valence electrons. The Labute approximate surface area is 201 Å². The number of carbonyl (C=O) groups excluding carboxylic acids is 2. The van der Waals surface area contributed by atoms with Crippen LogP contribution in [0, 0.1) is 6.92 Å². The van der Waals surface area contributed by atoms with Crippen molar-refractivity contribution in [1.29, 1.82) is 0 Å². The first-order valence-electron chi connectivity index (χ1n) is 11.6. The molecular weight excluding hydrogens is 424 g/mol. The number of hydrogen-bond acceptors (Lipinski definition) is 4. The first kappa shape index (κ1) is 23.3. The Kier molecular flexibility index (Phi) is 6.55. The van der Waals surface area contributed by atoms with E-state index in [-0.39, 0.29) is 23.6 Å². The molecule has 3 aromatic rings. The van der Waals surface area contributed by atoms with Gasteiger partial charge in [0.05, 0.1) is 17.4 Å². The lowest BCUT2D eigenvalue weighted by Gasteiger charge is -2.16. The van der Waals surface area contributed by atoms with Crippen LogP contribution in [-0.2, 0) is 9.59 Å². The monoisotopic (exact) mass is 454 g/mol. The van der Waals surface area contributed by atoms with Gasteiger partial charge >= 0.3 is 0 Å². The van der Waals surface area contributed by atoms with Gasteiger partial charge in [-0.15, -0.1) is 0 Å². The van der Waals surface area contributed by atoms with Crippen molar-refractivity contribution in [3.63, 3.8) is 0 Å². The number of amides is 2.